The third-order valence-electron chi connectivity index (χ3n) is 7.16. The minimum atomic E-state index is -1.52. The summed E-state index contributed by atoms with van der Waals surface area (Å²) in [7, 11) is 0. The molecule has 0 unspecified atom stereocenters. The number of aliphatic carboxylic acids is 1. The topological polar surface area (TPSA) is 240 Å². The Bertz CT molecular complexity index is 1160. The number of nitrogens with one attached hydrogen (secondary N) is 4. The molecule has 6 atom stereocenters. The van der Waals surface area contributed by atoms with E-state index in [4.69, 9.17) is 10.8 Å². The number of hydrogen-bond acceptors (Lipinski definition) is 9. The number of aliphatic hydroxyl groups is 2. The van der Waals surface area contributed by atoms with Crippen molar-refractivity contribution in [3.8, 4) is 0 Å². The third kappa shape index (κ3) is 10.9. The number of likely N-dealkylation sites (tertiary alicyclic amines) is 1. The van der Waals surface area contributed by atoms with E-state index in [-0.39, 0.29) is 31.7 Å². The molecule has 1 saturated heterocycles. The van der Waals surface area contributed by atoms with Gasteiger partial charge in [-0.15, -0.1) is 0 Å². The molecule has 0 radical (unpaired) electrons. The van der Waals surface area contributed by atoms with E-state index in [2.05, 4.69) is 21.3 Å². The molecule has 9 N–H and O–H groups in total. The van der Waals surface area contributed by atoms with Crippen LogP contribution in [0.15, 0.2) is 30.3 Å². The fourth-order valence-electron chi connectivity index (χ4n) is 4.70. The van der Waals surface area contributed by atoms with Crippen LogP contribution in [0.25, 0.3) is 0 Å². The standard InChI is InChI=1S/C29H44N6O9/c1-16(2)12-19(32-26(40)20(13-18-8-5-4-6-9-18)33-28(42)24(30)17(3)37)25(39)31-14-23(38)35-11-7-10-22(35)27(41)34-21(15-36)29(43)44/h4-6,8-9,16-17,19-22,24,36-37H,7,10-15,30H2,1-3H3,(H,31,39)(H,32,40)(H,33,42)(H,34,41)(H,43,44)/t17-,19+,20+,21+,22+,24+/m1/s1. The Labute approximate surface area is 255 Å². The van der Waals surface area contributed by atoms with Gasteiger partial charge in [0, 0.05) is 13.0 Å². The van der Waals surface area contributed by atoms with Gasteiger partial charge in [0.1, 0.15) is 30.2 Å². The maximum atomic E-state index is 13.4. The van der Waals surface area contributed by atoms with Gasteiger partial charge in [-0.2, -0.15) is 0 Å². The molecular formula is C29H44N6O9. The number of carboxylic acid groups (broad SMARTS) is 1. The van der Waals surface area contributed by atoms with E-state index in [1.807, 2.05) is 13.8 Å². The predicted octanol–water partition coefficient (Wildman–Crippen LogP) is -2.38. The molecule has 0 spiro atoms. The first kappa shape index (κ1) is 36.1. The van der Waals surface area contributed by atoms with Crippen LogP contribution in [-0.2, 0) is 35.2 Å². The number of carboxylic acids is 1. The van der Waals surface area contributed by atoms with Gasteiger partial charge in [-0.3, -0.25) is 24.0 Å². The SMILES string of the molecule is CC(C)C[C@H](NC(=O)[C@H](Cc1ccccc1)NC(=O)[C@@H](N)[C@@H](C)O)C(=O)NCC(=O)N1CCC[C@H]1C(=O)N[C@@H](CO)C(=O)O. The van der Waals surface area contributed by atoms with Crippen molar-refractivity contribution in [2.45, 2.75) is 82.8 Å². The predicted molar refractivity (Wildman–Crippen MR) is 158 cm³/mol. The number of benzene rings is 1. The van der Waals surface area contributed by atoms with E-state index in [0.29, 0.717) is 6.42 Å². The quantitative estimate of drug-likeness (QED) is 0.0976. The molecule has 5 amide bonds. The van der Waals surface area contributed by atoms with Gasteiger partial charge in [-0.25, -0.2) is 4.79 Å². The van der Waals surface area contributed by atoms with E-state index < -0.39 is 85.0 Å². The molecule has 1 aromatic rings. The molecule has 1 aromatic carbocycles. The van der Waals surface area contributed by atoms with Gasteiger partial charge in [-0.05, 0) is 37.7 Å². The van der Waals surface area contributed by atoms with Crippen LogP contribution in [0.5, 0.6) is 0 Å². The first-order valence-electron chi connectivity index (χ1n) is 14.5. The summed E-state index contributed by atoms with van der Waals surface area (Å²) in [5.41, 5.74) is 6.48. The second-order valence-corrected chi connectivity index (χ2v) is 11.3. The lowest BCUT2D eigenvalue weighted by molar-refractivity contribution is -0.145. The van der Waals surface area contributed by atoms with Gasteiger partial charge >= 0.3 is 5.97 Å². The van der Waals surface area contributed by atoms with Crippen LogP contribution in [0.3, 0.4) is 0 Å². The summed E-state index contributed by atoms with van der Waals surface area (Å²) >= 11 is 0. The summed E-state index contributed by atoms with van der Waals surface area (Å²) in [5, 5.41) is 37.9. The lowest BCUT2D eigenvalue weighted by Crippen LogP contribution is -2.58. The van der Waals surface area contributed by atoms with Crippen molar-refractivity contribution < 1.29 is 44.1 Å². The van der Waals surface area contributed by atoms with Crippen molar-refractivity contribution in [2.75, 3.05) is 19.7 Å². The van der Waals surface area contributed by atoms with E-state index in [0.717, 1.165) is 5.56 Å². The highest BCUT2D eigenvalue weighted by Gasteiger charge is 2.36. The minimum Gasteiger partial charge on any atom is -0.480 e. The first-order valence-corrected chi connectivity index (χ1v) is 14.5. The maximum absolute atomic E-state index is 13.4. The van der Waals surface area contributed by atoms with Crippen LogP contribution < -0.4 is 27.0 Å². The largest absolute Gasteiger partial charge is 0.480 e. The van der Waals surface area contributed by atoms with Crippen LogP contribution in [0.4, 0.5) is 0 Å². The van der Waals surface area contributed by atoms with E-state index in [9.17, 15) is 39.0 Å². The molecule has 0 aromatic heterocycles. The fraction of sp³-hybridized carbons (Fsp3) is 0.586. The summed E-state index contributed by atoms with van der Waals surface area (Å²) in [4.78, 5) is 77.2. The Morgan fingerprint density at radius 1 is 0.932 bits per heavy atom. The number of nitrogens with two attached hydrogens (primary N) is 1. The molecule has 1 aliphatic rings. The van der Waals surface area contributed by atoms with Crippen LogP contribution in [-0.4, -0.2) is 112 Å². The van der Waals surface area contributed by atoms with Gasteiger partial charge in [0.05, 0.1) is 19.3 Å². The molecule has 44 heavy (non-hydrogen) atoms. The minimum absolute atomic E-state index is 0.0482. The van der Waals surface area contributed by atoms with Crippen molar-refractivity contribution in [3.05, 3.63) is 35.9 Å². The number of nitrogens with zero attached hydrogens (tertiary/aromatic N) is 1. The van der Waals surface area contributed by atoms with Crippen molar-refractivity contribution in [3.63, 3.8) is 0 Å². The average molecular weight is 621 g/mol. The highest BCUT2D eigenvalue weighted by Crippen LogP contribution is 2.18. The smallest absolute Gasteiger partial charge is 0.328 e. The van der Waals surface area contributed by atoms with Gasteiger partial charge < -0.3 is 47.2 Å². The van der Waals surface area contributed by atoms with Crippen molar-refractivity contribution in [1.82, 2.24) is 26.2 Å². The van der Waals surface area contributed by atoms with Gasteiger partial charge in [-0.1, -0.05) is 44.2 Å². The van der Waals surface area contributed by atoms with E-state index in [1.165, 1.54) is 11.8 Å². The second-order valence-electron chi connectivity index (χ2n) is 11.3. The molecule has 0 saturated carbocycles. The average Bonchev–Trinajstić information content (AvgIpc) is 3.47. The summed E-state index contributed by atoms with van der Waals surface area (Å²) in [6.45, 7) is 3.94. The Kier molecular flexibility index (Phi) is 14.2. The number of rotatable bonds is 16. The van der Waals surface area contributed by atoms with Crippen molar-refractivity contribution >= 4 is 35.5 Å². The zero-order valence-corrected chi connectivity index (χ0v) is 25.2. The van der Waals surface area contributed by atoms with E-state index >= 15 is 0 Å². The summed E-state index contributed by atoms with van der Waals surface area (Å²) in [6, 6.07) is 2.90. The molecule has 2 rings (SSSR count). The first-order chi connectivity index (χ1) is 20.7. The summed E-state index contributed by atoms with van der Waals surface area (Å²) in [6.07, 6.45) is -0.118. The monoisotopic (exact) mass is 620 g/mol. The van der Waals surface area contributed by atoms with Crippen LogP contribution in [0.1, 0.15) is 45.6 Å². The second kappa shape index (κ2) is 17.3. The van der Waals surface area contributed by atoms with Crippen molar-refractivity contribution in [1.29, 1.82) is 0 Å². The number of carbonyl (C=O) groups excluding carboxylic acids is 5. The van der Waals surface area contributed by atoms with Gasteiger partial charge in [0.2, 0.25) is 29.5 Å². The fourth-order valence-corrected chi connectivity index (χ4v) is 4.70. The summed E-state index contributed by atoms with van der Waals surface area (Å²) in [5.74, 6) is -4.84. The maximum Gasteiger partial charge on any atom is 0.328 e. The molecule has 0 aliphatic carbocycles. The third-order valence-corrected chi connectivity index (χ3v) is 7.16. The molecular weight excluding hydrogens is 576 g/mol. The van der Waals surface area contributed by atoms with Gasteiger partial charge in [0.25, 0.3) is 0 Å². The lowest BCUT2D eigenvalue weighted by Gasteiger charge is -2.27. The Morgan fingerprint density at radius 3 is 2.14 bits per heavy atom. The van der Waals surface area contributed by atoms with Crippen LogP contribution in [0, 0.1) is 5.92 Å². The van der Waals surface area contributed by atoms with Gasteiger partial charge in [0.15, 0.2) is 0 Å². The van der Waals surface area contributed by atoms with E-state index in [1.54, 1.807) is 30.3 Å². The Morgan fingerprint density at radius 2 is 1.57 bits per heavy atom. The molecule has 1 heterocycles. The summed E-state index contributed by atoms with van der Waals surface area (Å²) < 4.78 is 0. The van der Waals surface area contributed by atoms with Crippen LogP contribution >= 0.6 is 0 Å². The van der Waals surface area contributed by atoms with Crippen LogP contribution in [0.2, 0.25) is 0 Å². The zero-order chi connectivity index (χ0) is 33.0. The molecule has 15 heteroatoms. The molecule has 244 valence electrons. The highest BCUT2D eigenvalue weighted by atomic mass is 16.4. The lowest BCUT2D eigenvalue weighted by atomic mass is 10.0. The number of amides is 5. The molecule has 1 aliphatic heterocycles. The Balaban J connectivity index is 2.11. The number of carbonyl (C=O) groups is 6. The zero-order valence-electron chi connectivity index (χ0n) is 25.2. The normalized spacial score (nSPS) is 18.0. The molecule has 0 bridgehead atoms. The molecule has 15 nitrogen and oxygen atoms in total. The number of hydrogen-bond donors (Lipinski definition) is 8. The number of aliphatic hydroxyl groups excluding tert-OH is 2. The molecule has 1 fully saturated rings. The highest BCUT2D eigenvalue weighted by molar-refractivity contribution is 5.95. The Hall–Kier alpha value is -4.08. The van der Waals surface area contributed by atoms with Crippen molar-refractivity contribution in [2.24, 2.45) is 11.7 Å².